The Kier molecular flexibility index (Phi) is 3.55. The lowest BCUT2D eigenvalue weighted by Crippen LogP contribution is -2.17. The summed E-state index contributed by atoms with van der Waals surface area (Å²) in [5, 5.41) is 9.47. The minimum atomic E-state index is 0.233. The number of hydrogen-bond donors (Lipinski definition) is 1. The van der Waals surface area contributed by atoms with E-state index in [1.165, 1.54) is 4.88 Å². The van der Waals surface area contributed by atoms with Crippen molar-refractivity contribution in [2.45, 2.75) is 12.5 Å². The highest BCUT2D eigenvalue weighted by Crippen LogP contribution is 2.37. The van der Waals surface area contributed by atoms with Crippen molar-refractivity contribution >= 4 is 34.3 Å². The van der Waals surface area contributed by atoms with Crippen LogP contribution in [0.4, 0.5) is 5.69 Å². The van der Waals surface area contributed by atoms with Crippen LogP contribution >= 0.6 is 22.9 Å². The molecule has 0 radical (unpaired) electrons. The van der Waals surface area contributed by atoms with Crippen molar-refractivity contribution in [2.75, 3.05) is 11.6 Å². The first-order chi connectivity index (χ1) is 9.28. The van der Waals surface area contributed by atoms with Gasteiger partial charge in [-0.05, 0) is 29.6 Å². The monoisotopic (exact) mass is 291 g/mol. The molecule has 0 aliphatic carbocycles. The number of nitrogens with zero attached hydrogens (tertiary/aromatic N) is 2. The van der Waals surface area contributed by atoms with Gasteiger partial charge in [0.2, 0.25) is 0 Å². The number of anilines is 1. The molecule has 2 aromatic rings. The van der Waals surface area contributed by atoms with E-state index in [0.717, 1.165) is 22.8 Å². The van der Waals surface area contributed by atoms with Crippen molar-refractivity contribution in [1.82, 2.24) is 0 Å². The first kappa shape index (κ1) is 12.7. The zero-order valence-corrected chi connectivity index (χ0v) is 11.9. The van der Waals surface area contributed by atoms with Gasteiger partial charge in [-0.1, -0.05) is 23.7 Å². The number of halogens is 1. The maximum atomic E-state index is 6.07. The fourth-order valence-corrected chi connectivity index (χ4v) is 3.25. The van der Waals surface area contributed by atoms with Crippen molar-refractivity contribution in [1.29, 1.82) is 0 Å². The summed E-state index contributed by atoms with van der Waals surface area (Å²) in [5.74, 6) is 0. The van der Waals surface area contributed by atoms with Gasteiger partial charge in [-0.15, -0.1) is 11.3 Å². The Morgan fingerprint density at radius 3 is 2.95 bits per heavy atom. The normalized spacial score (nSPS) is 18.7. The number of rotatable bonds is 3. The van der Waals surface area contributed by atoms with Crippen LogP contribution in [0.25, 0.3) is 0 Å². The summed E-state index contributed by atoms with van der Waals surface area (Å²) in [6.45, 7) is 0.499. The Labute approximate surface area is 121 Å². The summed E-state index contributed by atoms with van der Waals surface area (Å²) in [6, 6.07) is 12.2. The molecule has 2 heterocycles. The molecule has 5 heteroatoms. The van der Waals surface area contributed by atoms with Crippen molar-refractivity contribution in [3.8, 4) is 0 Å². The molecular formula is C14H14ClN3S. The highest BCUT2D eigenvalue weighted by Gasteiger charge is 2.29. The zero-order chi connectivity index (χ0) is 13.2. The van der Waals surface area contributed by atoms with Gasteiger partial charge in [-0.2, -0.15) is 5.10 Å². The number of thiophene rings is 1. The van der Waals surface area contributed by atoms with Gasteiger partial charge >= 0.3 is 0 Å². The van der Waals surface area contributed by atoms with E-state index in [4.69, 9.17) is 17.3 Å². The second-order valence-corrected chi connectivity index (χ2v) is 5.85. The summed E-state index contributed by atoms with van der Waals surface area (Å²) >= 11 is 7.82. The van der Waals surface area contributed by atoms with Gasteiger partial charge in [0.05, 0.1) is 17.4 Å². The minimum absolute atomic E-state index is 0.233. The topological polar surface area (TPSA) is 41.6 Å². The predicted molar refractivity (Wildman–Crippen MR) is 82.1 cm³/mol. The van der Waals surface area contributed by atoms with Crippen LogP contribution in [0, 0.1) is 0 Å². The van der Waals surface area contributed by atoms with Crippen molar-refractivity contribution in [3.63, 3.8) is 0 Å². The smallest absolute Gasteiger partial charge is 0.0920 e. The molecule has 0 amide bonds. The van der Waals surface area contributed by atoms with Crippen molar-refractivity contribution < 1.29 is 0 Å². The van der Waals surface area contributed by atoms with Crippen LogP contribution in [0.15, 0.2) is 46.9 Å². The van der Waals surface area contributed by atoms with Crippen LogP contribution < -0.4 is 10.7 Å². The summed E-state index contributed by atoms with van der Waals surface area (Å²) in [4.78, 5) is 1.30. The zero-order valence-electron chi connectivity index (χ0n) is 10.3. The van der Waals surface area contributed by atoms with E-state index in [9.17, 15) is 0 Å². The Hall–Kier alpha value is -1.36. The molecule has 3 nitrogen and oxygen atoms in total. The molecule has 1 aliphatic heterocycles. The molecule has 1 aliphatic rings. The summed E-state index contributed by atoms with van der Waals surface area (Å²) in [6.07, 6.45) is 0.878. The number of hydrazone groups is 1. The molecule has 19 heavy (non-hydrogen) atoms. The molecule has 98 valence electrons. The molecule has 0 saturated carbocycles. The quantitative estimate of drug-likeness (QED) is 0.937. The van der Waals surface area contributed by atoms with E-state index in [2.05, 4.69) is 22.6 Å². The van der Waals surface area contributed by atoms with E-state index < -0.39 is 0 Å². The molecule has 1 atom stereocenters. The molecule has 0 fully saturated rings. The first-order valence-electron chi connectivity index (χ1n) is 6.12. The maximum Gasteiger partial charge on any atom is 0.0920 e. The van der Waals surface area contributed by atoms with Crippen LogP contribution in [0.2, 0.25) is 5.02 Å². The first-order valence-corrected chi connectivity index (χ1v) is 7.38. The van der Waals surface area contributed by atoms with Gasteiger partial charge in [0, 0.05) is 22.9 Å². The number of hydrogen-bond acceptors (Lipinski definition) is 4. The second-order valence-electron chi connectivity index (χ2n) is 4.43. The molecule has 0 bridgehead atoms. The fourth-order valence-electron chi connectivity index (χ4n) is 2.25. The SMILES string of the molecule is NCC1=NN(c2cccc(Cl)c2)C(c2cccs2)C1. The van der Waals surface area contributed by atoms with E-state index in [0.29, 0.717) is 6.54 Å². The second kappa shape index (κ2) is 5.33. The van der Waals surface area contributed by atoms with E-state index in [1.54, 1.807) is 11.3 Å². The van der Waals surface area contributed by atoms with Crippen LogP contribution in [0.5, 0.6) is 0 Å². The van der Waals surface area contributed by atoms with E-state index in [-0.39, 0.29) is 6.04 Å². The molecule has 0 saturated heterocycles. The average Bonchev–Trinajstić information content (AvgIpc) is 3.07. The average molecular weight is 292 g/mol. The molecule has 3 rings (SSSR count). The third-order valence-electron chi connectivity index (χ3n) is 3.15. The van der Waals surface area contributed by atoms with Gasteiger partial charge in [0.15, 0.2) is 0 Å². The predicted octanol–water partition coefficient (Wildman–Crippen LogP) is 3.67. The Morgan fingerprint density at radius 1 is 1.37 bits per heavy atom. The third kappa shape index (κ3) is 2.52. The van der Waals surface area contributed by atoms with Gasteiger partial charge in [-0.25, -0.2) is 0 Å². The Morgan fingerprint density at radius 2 is 2.26 bits per heavy atom. The molecule has 0 spiro atoms. The molecule has 1 unspecified atom stereocenters. The van der Waals surface area contributed by atoms with Crippen molar-refractivity contribution in [2.24, 2.45) is 10.8 Å². The van der Waals surface area contributed by atoms with Crippen LogP contribution in [0.3, 0.4) is 0 Å². The van der Waals surface area contributed by atoms with Crippen LogP contribution in [-0.2, 0) is 0 Å². The molecule has 2 N–H and O–H groups in total. The Balaban J connectivity index is 1.98. The lowest BCUT2D eigenvalue weighted by molar-refractivity contribution is 0.721. The Bertz CT molecular complexity index is 594. The van der Waals surface area contributed by atoms with Gasteiger partial charge < -0.3 is 5.73 Å². The highest BCUT2D eigenvalue weighted by molar-refractivity contribution is 7.10. The van der Waals surface area contributed by atoms with Crippen LogP contribution in [-0.4, -0.2) is 12.3 Å². The van der Waals surface area contributed by atoms with Gasteiger partial charge in [0.25, 0.3) is 0 Å². The lowest BCUT2D eigenvalue weighted by atomic mass is 10.1. The lowest BCUT2D eigenvalue weighted by Gasteiger charge is -2.22. The van der Waals surface area contributed by atoms with Gasteiger partial charge in [0.1, 0.15) is 0 Å². The summed E-state index contributed by atoms with van der Waals surface area (Å²) < 4.78 is 0. The summed E-state index contributed by atoms with van der Waals surface area (Å²) in [5.41, 5.74) is 7.77. The molecule has 1 aromatic carbocycles. The number of benzene rings is 1. The van der Waals surface area contributed by atoms with E-state index in [1.807, 2.05) is 29.3 Å². The number of nitrogens with two attached hydrogens (primary N) is 1. The fraction of sp³-hybridized carbons (Fsp3) is 0.214. The van der Waals surface area contributed by atoms with Crippen molar-refractivity contribution in [3.05, 3.63) is 51.7 Å². The van der Waals surface area contributed by atoms with Gasteiger partial charge in [-0.3, -0.25) is 5.01 Å². The highest BCUT2D eigenvalue weighted by atomic mass is 35.5. The van der Waals surface area contributed by atoms with Crippen LogP contribution in [0.1, 0.15) is 17.3 Å². The van der Waals surface area contributed by atoms with E-state index >= 15 is 0 Å². The third-order valence-corrected chi connectivity index (χ3v) is 4.36. The standard InChI is InChI=1S/C14H14ClN3S/c15-10-3-1-4-12(7-10)18-13(8-11(9-16)17-18)14-5-2-6-19-14/h1-7,13H,8-9,16H2. The minimum Gasteiger partial charge on any atom is -0.325 e. The largest absolute Gasteiger partial charge is 0.325 e. The molecular weight excluding hydrogens is 278 g/mol. The maximum absolute atomic E-state index is 6.07. The molecule has 1 aromatic heterocycles. The summed E-state index contributed by atoms with van der Waals surface area (Å²) in [7, 11) is 0.